The third-order valence-corrected chi connectivity index (χ3v) is 4.28. The summed E-state index contributed by atoms with van der Waals surface area (Å²) >= 11 is 11.5. The van der Waals surface area contributed by atoms with Gasteiger partial charge in [-0.25, -0.2) is 0 Å². The Balaban J connectivity index is 2.14. The van der Waals surface area contributed by atoms with Gasteiger partial charge in [-0.1, -0.05) is 24.6 Å². The first kappa shape index (κ1) is 18.5. The average molecular weight is 369 g/mol. The van der Waals surface area contributed by atoms with Crippen molar-refractivity contribution >= 4 is 52.1 Å². The second-order valence-electron chi connectivity index (χ2n) is 5.49. The summed E-state index contributed by atoms with van der Waals surface area (Å²) in [6.07, 6.45) is 0.518. The van der Waals surface area contributed by atoms with Gasteiger partial charge in [-0.05, 0) is 24.4 Å². The van der Waals surface area contributed by atoms with Crippen LogP contribution in [0.25, 0.3) is 0 Å². The van der Waals surface area contributed by atoms with Gasteiger partial charge in [-0.2, -0.15) is 0 Å². The molecule has 1 aliphatic heterocycles. The van der Waals surface area contributed by atoms with Crippen LogP contribution in [0.4, 0.5) is 11.4 Å². The molecule has 24 heavy (non-hydrogen) atoms. The number of rotatable bonds is 3. The van der Waals surface area contributed by atoms with Crippen LogP contribution in [0.2, 0.25) is 5.02 Å². The Morgan fingerprint density at radius 2 is 1.92 bits per heavy atom. The van der Waals surface area contributed by atoms with E-state index in [1.807, 2.05) is 30.0 Å². The molecule has 0 atom stereocenters. The van der Waals surface area contributed by atoms with Crippen LogP contribution in [0, 0.1) is 0 Å². The van der Waals surface area contributed by atoms with E-state index in [9.17, 15) is 9.59 Å². The number of piperazine rings is 1. The van der Waals surface area contributed by atoms with Gasteiger partial charge in [0.1, 0.15) is 0 Å². The Labute approximate surface area is 152 Å². The first-order valence-electron chi connectivity index (χ1n) is 7.82. The highest BCUT2D eigenvalue weighted by atomic mass is 35.5. The molecule has 1 fully saturated rings. The van der Waals surface area contributed by atoms with Crippen LogP contribution in [0.3, 0.4) is 0 Å². The molecule has 2 rings (SSSR count). The first-order valence-corrected chi connectivity index (χ1v) is 8.60. The Bertz CT molecular complexity index is 645. The lowest BCUT2D eigenvalue weighted by atomic mass is 10.2. The molecule has 0 unspecified atom stereocenters. The highest BCUT2D eigenvalue weighted by molar-refractivity contribution is 7.80. The fourth-order valence-electron chi connectivity index (χ4n) is 2.65. The molecule has 0 bridgehead atoms. The van der Waals surface area contributed by atoms with Crippen molar-refractivity contribution in [2.24, 2.45) is 0 Å². The topological polar surface area (TPSA) is 64.7 Å². The number of carbonyl (C=O) groups excluding carboxylic acids is 2. The maximum atomic E-state index is 11.8. The third-order valence-electron chi connectivity index (χ3n) is 3.78. The van der Waals surface area contributed by atoms with E-state index >= 15 is 0 Å². The fraction of sp³-hybridized carbons (Fsp3) is 0.438. The summed E-state index contributed by atoms with van der Waals surface area (Å²) < 4.78 is 0. The van der Waals surface area contributed by atoms with Crippen molar-refractivity contribution in [1.29, 1.82) is 0 Å². The number of nitrogens with one attached hydrogen (secondary N) is 2. The van der Waals surface area contributed by atoms with Gasteiger partial charge in [-0.15, -0.1) is 0 Å². The highest BCUT2D eigenvalue weighted by Gasteiger charge is 2.23. The first-order chi connectivity index (χ1) is 11.4. The second kappa shape index (κ2) is 8.30. The number of para-hydroxylation sites is 1. The molecule has 0 spiro atoms. The molecule has 130 valence electrons. The molecule has 2 N–H and O–H groups in total. The van der Waals surface area contributed by atoms with E-state index in [1.165, 1.54) is 6.92 Å². The van der Waals surface area contributed by atoms with Crippen LogP contribution in [0.15, 0.2) is 18.2 Å². The normalized spacial score (nSPS) is 14.3. The molecule has 2 amide bonds. The van der Waals surface area contributed by atoms with Crippen LogP contribution < -0.4 is 15.5 Å². The smallest absolute Gasteiger partial charge is 0.222 e. The lowest BCUT2D eigenvalue weighted by Crippen LogP contribution is -2.49. The number of amides is 2. The van der Waals surface area contributed by atoms with Crippen molar-refractivity contribution in [2.75, 3.05) is 36.4 Å². The molecule has 0 aromatic heterocycles. The van der Waals surface area contributed by atoms with E-state index in [0.29, 0.717) is 37.6 Å². The third kappa shape index (κ3) is 4.58. The Hall–Kier alpha value is -1.86. The van der Waals surface area contributed by atoms with E-state index in [0.717, 1.165) is 11.4 Å². The van der Waals surface area contributed by atoms with Crippen LogP contribution in [-0.2, 0) is 9.59 Å². The number of thiocarbonyl (C=S) groups is 1. The molecule has 1 saturated heterocycles. The van der Waals surface area contributed by atoms with Crippen LogP contribution in [0.5, 0.6) is 0 Å². The van der Waals surface area contributed by atoms with Gasteiger partial charge >= 0.3 is 0 Å². The number of benzene rings is 1. The summed E-state index contributed by atoms with van der Waals surface area (Å²) in [4.78, 5) is 26.9. The minimum atomic E-state index is -0.234. The molecule has 1 aromatic carbocycles. The fourth-order valence-corrected chi connectivity index (χ4v) is 3.20. The van der Waals surface area contributed by atoms with Crippen molar-refractivity contribution in [2.45, 2.75) is 20.3 Å². The Kier molecular flexibility index (Phi) is 6.39. The summed E-state index contributed by atoms with van der Waals surface area (Å²) in [6.45, 7) is 5.97. The van der Waals surface area contributed by atoms with Crippen LogP contribution in [0.1, 0.15) is 20.3 Å². The number of nitrogens with zero attached hydrogens (tertiary/aromatic N) is 2. The van der Waals surface area contributed by atoms with Crippen molar-refractivity contribution < 1.29 is 9.59 Å². The maximum absolute atomic E-state index is 11.8. The van der Waals surface area contributed by atoms with E-state index in [4.69, 9.17) is 23.8 Å². The van der Waals surface area contributed by atoms with Gasteiger partial charge in [0.2, 0.25) is 11.8 Å². The van der Waals surface area contributed by atoms with Crippen LogP contribution >= 0.6 is 23.8 Å². The Morgan fingerprint density at radius 3 is 2.50 bits per heavy atom. The van der Waals surface area contributed by atoms with Gasteiger partial charge in [0, 0.05) is 39.5 Å². The number of anilines is 2. The average Bonchev–Trinajstić information content (AvgIpc) is 2.54. The molecule has 6 nitrogen and oxygen atoms in total. The van der Waals surface area contributed by atoms with Crippen molar-refractivity contribution in [3.8, 4) is 0 Å². The molecule has 8 heteroatoms. The van der Waals surface area contributed by atoms with Crippen molar-refractivity contribution in [3.63, 3.8) is 0 Å². The predicted molar refractivity (Wildman–Crippen MR) is 101 cm³/mol. The van der Waals surface area contributed by atoms with Gasteiger partial charge in [0.05, 0.1) is 16.4 Å². The lowest BCUT2D eigenvalue weighted by molar-refractivity contribution is -0.131. The monoisotopic (exact) mass is 368 g/mol. The molecule has 1 aromatic rings. The lowest BCUT2D eigenvalue weighted by Gasteiger charge is -2.37. The molecule has 1 heterocycles. The summed E-state index contributed by atoms with van der Waals surface area (Å²) in [7, 11) is 0. The van der Waals surface area contributed by atoms with Crippen molar-refractivity contribution in [1.82, 2.24) is 10.2 Å². The van der Waals surface area contributed by atoms with E-state index in [1.54, 1.807) is 0 Å². The minimum absolute atomic E-state index is 0.166. The van der Waals surface area contributed by atoms with Gasteiger partial charge < -0.3 is 20.4 Å². The minimum Gasteiger partial charge on any atom is -0.365 e. The molecule has 0 saturated carbocycles. The van der Waals surface area contributed by atoms with Crippen molar-refractivity contribution in [3.05, 3.63) is 23.2 Å². The van der Waals surface area contributed by atoms with E-state index < -0.39 is 0 Å². The predicted octanol–water partition coefficient (Wildman–Crippen LogP) is 2.23. The highest BCUT2D eigenvalue weighted by Crippen LogP contribution is 2.34. The SMILES string of the molecule is CCC(=O)N1CCN(c2c(Cl)cccc2NC(=S)NC(C)=O)CC1. The van der Waals surface area contributed by atoms with E-state index in [-0.39, 0.29) is 16.9 Å². The van der Waals surface area contributed by atoms with E-state index in [2.05, 4.69) is 15.5 Å². The molecular weight excluding hydrogens is 348 g/mol. The molecular formula is C16H21ClN4O2S. The van der Waals surface area contributed by atoms with Gasteiger partial charge in [0.25, 0.3) is 0 Å². The molecule has 0 radical (unpaired) electrons. The summed E-state index contributed by atoms with van der Waals surface area (Å²) in [6, 6.07) is 5.49. The largest absolute Gasteiger partial charge is 0.365 e. The zero-order valence-electron chi connectivity index (χ0n) is 13.8. The second-order valence-corrected chi connectivity index (χ2v) is 6.31. The van der Waals surface area contributed by atoms with Gasteiger partial charge in [0.15, 0.2) is 5.11 Å². The number of halogens is 1. The maximum Gasteiger partial charge on any atom is 0.222 e. The standard InChI is InChI=1S/C16H21ClN4O2S/c1-3-14(23)20-7-9-21(10-8-20)15-12(17)5-4-6-13(15)19-16(24)18-11(2)22/h4-6H,3,7-10H2,1-2H3,(H2,18,19,22,24). The number of carbonyl (C=O) groups is 2. The molecule has 1 aliphatic rings. The number of hydrogen-bond donors (Lipinski definition) is 2. The summed E-state index contributed by atoms with van der Waals surface area (Å²) in [5.41, 5.74) is 1.56. The zero-order valence-corrected chi connectivity index (χ0v) is 15.3. The summed E-state index contributed by atoms with van der Waals surface area (Å²) in [5, 5.41) is 6.38. The zero-order chi connectivity index (χ0) is 17.7. The summed E-state index contributed by atoms with van der Waals surface area (Å²) in [5.74, 6) is -0.0678. The van der Waals surface area contributed by atoms with Crippen LogP contribution in [-0.4, -0.2) is 48.0 Å². The molecule has 0 aliphatic carbocycles. The Morgan fingerprint density at radius 1 is 1.25 bits per heavy atom. The van der Waals surface area contributed by atoms with Gasteiger partial charge in [-0.3, -0.25) is 9.59 Å². The quantitative estimate of drug-likeness (QED) is 0.801. The number of hydrogen-bond acceptors (Lipinski definition) is 4.